The van der Waals surface area contributed by atoms with Crippen molar-refractivity contribution >= 4 is 5.91 Å². The Morgan fingerprint density at radius 3 is 2.74 bits per heavy atom. The van der Waals surface area contributed by atoms with Crippen molar-refractivity contribution in [3.8, 4) is 0 Å². The van der Waals surface area contributed by atoms with Crippen molar-refractivity contribution in [2.24, 2.45) is 0 Å². The zero-order chi connectivity index (χ0) is 14.2. The number of aromatic amines is 1. The predicted octanol–water partition coefficient (Wildman–Crippen LogP) is 1.06. The van der Waals surface area contributed by atoms with E-state index < -0.39 is 5.60 Å². The summed E-state index contributed by atoms with van der Waals surface area (Å²) in [5, 5.41) is 10.1. The van der Waals surface area contributed by atoms with Crippen LogP contribution in [0.3, 0.4) is 0 Å². The van der Waals surface area contributed by atoms with Crippen LogP contribution < -0.4 is 5.56 Å². The lowest BCUT2D eigenvalue weighted by atomic mass is 9.96. The van der Waals surface area contributed by atoms with Crippen LogP contribution in [-0.4, -0.2) is 39.1 Å². The maximum Gasteiger partial charge on any atom is 0.254 e. The lowest BCUT2D eigenvalue weighted by Gasteiger charge is -2.33. The van der Waals surface area contributed by atoms with Crippen LogP contribution in [0, 0.1) is 6.92 Å². The largest absolute Gasteiger partial charge is 0.388 e. The van der Waals surface area contributed by atoms with Crippen molar-refractivity contribution in [3.63, 3.8) is 0 Å². The minimum atomic E-state index is -0.928. The number of H-pyrrole nitrogens is 1. The fourth-order valence-electron chi connectivity index (χ4n) is 2.72. The van der Waals surface area contributed by atoms with Gasteiger partial charge >= 0.3 is 0 Å². The van der Waals surface area contributed by atoms with Crippen molar-refractivity contribution in [1.29, 1.82) is 0 Å². The number of likely N-dealkylation sites (tertiary alicyclic amines) is 1. The summed E-state index contributed by atoms with van der Waals surface area (Å²) in [4.78, 5) is 28.2. The van der Waals surface area contributed by atoms with Gasteiger partial charge in [-0.1, -0.05) is 0 Å². The Balaban J connectivity index is 2.31. The Hall–Kier alpha value is -1.62. The molecule has 0 spiro atoms. The Bertz CT molecular complexity index is 542. The molecule has 1 saturated heterocycles. The molecule has 0 aliphatic carbocycles. The van der Waals surface area contributed by atoms with E-state index in [1.165, 1.54) is 6.07 Å². The van der Waals surface area contributed by atoms with Crippen molar-refractivity contribution in [3.05, 3.63) is 33.7 Å². The quantitative estimate of drug-likeness (QED) is 0.838. The van der Waals surface area contributed by atoms with Gasteiger partial charge in [0.2, 0.25) is 5.56 Å². The first-order chi connectivity index (χ1) is 8.79. The number of nitrogens with one attached hydrogen (secondary N) is 1. The lowest BCUT2D eigenvalue weighted by molar-refractivity contribution is 0.000326. The number of aliphatic hydroxyl groups is 1. The molecule has 2 heterocycles. The monoisotopic (exact) mass is 264 g/mol. The van der Waals surface area contributed by atoms with Gasteiger partial charge in [0.1, 0.15) is 0 Å². The average Bonchev–Trinajstić information content (AvgIpc) is 2.74. The number of rotatable bonds is 2. The highest BCUT2D eigenvalue weighted by Crippen LogP contribution is 2.28. The van der Waals surface area contributed by atoms with Crippen LogP contribution in [0.2, 0.25) is 0 Å². The zero-order valence-corrected chi connectivity index (χ0v) is 11.6. The fraction of sp³-hybridized carbons (Fsp3) is 0.571. The topological polar surface area (TPSA) is 73.4 Å². The molecule has 1 aliphatic rings. The predicted molar refractivity (Wildman–Crippen MR) is 72.2 cm³/mol. The highest BCUT2D eigenvalue weighted by atomic mass is 16.3. The lowest BCUT2D eigenvalue weighted by Crippen LogP contribution is -2.48. The van der Waals surface area contributed by atoms with Crippen LogP contribution in [0.15, 0.2) is 16.9 Å². The van der Waals surface area contributed by atoms with E-state index in [4.69, 9.17) is 0 Å². The summed E-state index contributed by atoms with van der Waals surface area (Å²) < 4.78 is 0. The van der Waals surface area contributed by atoms with Crippen molar-refractivity contribution in [2.75, 3.05) is 6.54 Å². The van der Waals surface area contributed by atoms with E-state index in [9.17, 15) is 14.7 Å². The smallest absolute Gasteiger partial charge is 0.254 e. The van der Waals surface area contributed by atoms with Crippen LogP contribution in [-0.2, 0) is 0 Å². The number of aromatic nitrogens is 1. The van der Waals surface area contributed by atoms with E-state index in [1.807, 2.05) is 0 Å². The number of hydrogen-bond donors (Lipinski definition) is 2. The normalized spacial score (nSPS) is 19.8. The number of carbonyl (C=O) groups is 1. The first-order valence-corrected chi connectivity index (χ1v) is 6.53. The zero-order valence-electron chi connectivity index (χ0n) is 11.6. The second-order valence-corrected chi connectivity index (χ2v) is 5.73. The Morgan fingerprint density at radius 2 is 2.16 bits per heavy atom. The van der Waals surface area contributed by atoms with E-state index in [0.29, 0.717) is 17.8 Å². The molecule has 104 valence electrons. The molecule has 0 bridgehead atoms. The molecule has 1 unspecified atom stereocenters. The third-order valence-corrected chi connectivity index (χ3v) is 3.56. The molecule has 1 fully saturated rings. The van der Waals surface area contributed by atoms with Crippen LogP contribution in [0.1, 0.15) is 42.7 Å². The Labute approximate surface area is 112 Å². The molecule has 5 heteroatoms. The number of amides is 1. The minimum Gasteiger partial charge on any atom is -0.388 e. The third-order valence-electron chi connectivity index (χ3n) is 3.56. The Morgan fingerprint density at radius 1 is 1.47 bits per heavy atom. The summed E-state index contributed by atoms with van der Waals surface area (Å²) in [5.74, 6) is -0.182. The molecule has 1 aliphatic heterocycles. The highest BCUT2D eigenvalue weighted by Gasteiger charge is 2.38. The number of carbonyl (C=O) groups excluding carboxylic acids is 1. The SMILES string of the molecule is Cc1cc(C(=O)N2CCCC2C(C)(C)O)cc(=O)[nH]1. The van der Waals surface area contributed by atoms with Gasteiger partial charge in [-0.25, -0.2) is 0 Å². The van der Waals surface area contributed by atoms with E-state index in [1.54, 1.807) is 31.7 Å². The van der Waals surface area contributed by atoms with Gasteiger partial charge in [0.25, 0.3) is 5.91 Å². The molecule has 0 saturated carbocycles. The maximum atomic E-state index is 12.5. The van der Waals surface area contributed by atoms with Gasteiger partial charge < -0.3 is 15.0 Å². The van der Waals surface area contributed by atoms with Gasteiger partial charge in [-0.2, -0.15) is 0 Å². The molecule has 1 atom stereocenters. The molecule has 0 radical (unpaired) electrons. The van der Waals surface area contributed by atoms with Gasteiger partial charge in [-0.15, -0.1) is 0 Å². The van der Waals surface area contributed by atoms with Crippen LogP contribution in [0.5, 0.6) is 0 Å². The Kier molecular flexibility index (Phi) is 3.49. The van der Waals surface area contributed by atoms with Gasteiger partial charge in [0, 0.05) is 23.9 Å². The summed E-state index contributed by atoms with van der Waals surface area (Å²) in [7, 11) is 0. The van der Waals surface area contributed by atoms with E-state index >= 15 is 0 Å². The van der Waals surface area contributed by atoms with E-state index in [2.05, 4.69) is 4.98 Å². The summed E-state index contributed by atoms with van der Waals surface area (Å²) >= 11 is 0. The first kappa shape index (κ1) is 13.8. The molecule has 1 amide bonds. The van der Waals surface area contributed by atoms with E-state index in [0.717, 1.165) is 12.8 Å². The molecular formula is C14H20N2O3. The maximum absolute atomic E-state index is 12.5. The van der Waals surface area contributed by atoms with Gasteiger partial charge in [-0.05, 0) is 39.7 Å². The molecule has 2 N–H and O–H groups in total. The number of nitrogens with zero attached hydrogens (tertiary/aromatic N) is 1. The first-order valence-electron chi connectivity index (χ1n) is 6.53. The third kappa shape index (κ3) is 2.87. The van der Waals surface area contributed by atoms with Crippen molar-refractivity contribution in [2.45, 2.75) is 45.3 Å². The molecule has 1 aromatic rings. The molecule has 2 rings (SSSR count). The fourth-order valence-corrected chi connectivity index (χ4v) is 2.72. The second kappa shape index (κ2) is 4.81. The average molecular weight is 264 g/mol. The van der Waals surface area contributed by atoms with Crippen LogP contribution >= 0.6 is 0 Å². The second-order valence-electron chi connectivity index (χ2n) is 5.73. The molecule has 19 heavy (non-hydrogen) atoms. The van der Waals surface area contributed by atoms with E-state index in [-0.39, 0.29) is 17.5 Å². The van der Waals surface area contributed by atoms with Crippen molar-refractivity contribution in [1.82, 2.24) is 9.88 Å². The highest BCUT2D eigenvalue weighted by molar-refractivity contribution is 5.94. The molecule has 5 nitrogen and oxygen atoms in total. The van der Waals surface area contributed by atoms with Gasteiger partial charge in [0.05, 0.1) is 11.6 Å². The minimum absolute atomic E-state index is 0.182. The molecule has 1 aromatic heterocycles. The number of pyridine rings is 1. The van der Waals surface area contributed by atoms with Crippen LogP contribution in [0.25, 0.3) is 0 Å². The number of hydrogen-bond acceptors (Lipinski definition) is 3. The summed E-state index contributed by atoms with van der Waals surface area (Å²) in [6.45, 7) is 5.80. The summed E-state index contributed by atoms with van der Waals surface area (Å²) in [5.41, 5.74) is -0.155. The standard InChI is InChI=1S/C14H20N2O3/c1-9-7-10(8-12(17)15-9)13(18)16-6-4-5-11(16)14(2,3)19/h7-8,11,19H,4-6H2,1-3H3,(H,15,17). The number of aryl methyl sites for hydroxylation is 1. The summed E-state index contributed by atoms with van der Waals surface area (Å²) in [6, 6.07) is 2.79. The van der Waals surface area contributed by atoms with Crippen LogP contribution in [0.4, 0.5) is 0 Å². The molecule has 0 aromatic carbocycles. The summed E-state index contributed by atoms with van der Waals surface area (Å²) in [6.07, 6.45) is 1.67. The van der Waals surface area contributed by atoms with Crippen molar-refractivity contribution < 1.29 is 9.90 Å². The van der Waals surface area contributed by atoms with Gasteiger partial charge in [-0.3, -0.25) is 9.59 Å². The molecular weight excluding hydrogens is 244 g/mol. The van der Waals surface area contributed by atoms with Gasteiger partial charge in [0.15, 0.2) is 0 Å².